The van der Waals surface area contributed by atoms with E-state index in [1.807, 2.05) is 18.2 Å². The first-order chi connectivity index (χ1) is 6.33. The molecule has 0 fully saturated rings. The minimum atomic E-state index is 0.657. The molecule has 0 aliphatic carbocycles. The highest BCUT2D eigenvalue weighted by Crippen LogP contribution is 2.04. The van der Waals surface area contributed by atoms with Gasteiger partial charge in [0.2, 0.25) is 0 Å². The molecule has 0 amide bonds. The summed E-state index contributed by atoms with van der Waals surface area (Å²) in [6.45, 7) is 3.80. The van der Waals surface area contributed by atoms with Crippen LogP contribution in [0.3, 0.4) is 0 Å². The van der Waals surface area contributed by atoms with Gasteiger partial charge in [-0.05, 0) is 11.5 Å². The fraction of sp³-hybridized carbons (Fsp3) is 0.455. The summed E-state index contributed by atoms with van der Waals surface area (Å²) in [6, 6.07) is 10.3. The molecule has 2 heteroatoms. The Labute approximate surface area is 93.6 Å². The van der Waals surface area contributed by atoms with Gasteiger partial charge in [-0.1, -0.05) is 59.8 Å². The maximum absolute atomic E-state index is 5.57. The summed E-state index contributed by atoms with van der Waals surface area (Å²) in [6.07, 6.45) is 0. The molecule has 72 valence electrons. The van der Waals surface area contributed by atoms with Gasteiger partial charge >= 0.3 is 0 Å². The van der Waals surface area contributed by atoms with Gasteiger partial charge in [0.05, 0.1) is 13.2 Å². The van der Waals surface area contributed by atoms with E-state index in [9.17, 15) is 0 Å². The first-order valence-corrected chi connectivity index (χ1v) is 6.03. The molecule has 1 rings (SSSR count). The van der Waals surface area contributed by atoms with Gasteiger partial charge < -0.3 is 4.74 Å². The molecule has 0 spiro atoms. The monoisotopic (exact) mass is 290 g/mol. The third-order valence-electron chi connectivity index (χ3n) is 1.78. The zero-order chi connectivity index (χ0) is 9.52. The lowest BCUT2D eigenvalue weighted by atomic mass is 10.2. The molecule has 1 nitrogen and oxygen atoms in total. The van der Waals surface area contributed by atoms with Crippen molar-refractivity contribution in [1.82, 2.24) is 0 Å². The Bertz CT molecular complexity index is 223. The average Bonchev–Trinajstić information content (AvgIpc) is 2.19. The number of hydrogen-bond donors (Lipinski definition) is 0. The molecule has 0 aliphatic rings. The third kappa shape index (κ3) is 4.62. The number of halogens is 1. The average molecular weight is 290 g/mol. The predicted molar refractivity (Wildman–Crippen MR) is 64.1 cm³/mol. The lowest BCUT2D eigenvalue weighted by molar-refractivity contribution is 0.0989. The Hall–Kier alpha value is -0.0900. The lowest BCUT2D eigenvalue weighted by Crippen LogP contribution is -2.06. The number of benzene rings is 1. The van der Waals surface area contributed by atoms with Crippen LogP contribution in [-0.2, 0) is 11.3 Å². The standard InChI is InChI=1S/C11H15IO/c1-10(7-12)8-13-9-11-5-3-2-4-6-11/h2-6,10H,7-9H2,1H3/t10-/m1/s1. The van der Waals surface area contributed by atoms with Crippen molar-refractivity contribution in [3.8, 4) is 0 Å². The summed E-state index contributed by atoms with van der Waals surface area (Å²) in [5.41, 5.74) is 1.25. The molecule has 0 saturated carbocycles. The Morgan fingerprint density at radius 2 is 2.00 bits per heavy atom. The van der Waals surface area contributed by atoms with E-state index >= 15 is 0 Å². The Kier molecular flexibility index (Phi) is 5.39. The summed E-state index contributed by atoms with van der Waals surface area (Å²) in [7, 11) is 0. The Morgan fingerprint density at radius 1 is 1.31 bits per heavy atom. The first-order valence-electron chi connectivity index (χ1n) is 4.50. The van der Waals surface area contributed by atoms with Gasteiger partial charge in [-0.3, -0.25) is 0 Å². The fourth-order valence-electron chi connectivity index (χ4n) is 0.997. The molecule has 0 aromatic heterocycles. The van der Waals surface area contributed by atoms with Crippen LogP contribution >= 0.6 is 22.6 Å². The maximum Gasteiger partial charge on any atom is 0.0717 e. The number of alkyl halides is 1. The van der Waals surface area contributed by atoms with Crippen LogP contribution in [0.4, 0.5) is 0 Å². The topological polar surface area (TPSA) is 9.23 Å². The van der Waals surface area contributed by atoms with Crippen molar-refractivity contribution in [3.63, 3.8) is 0 Å². The first kappa shape index (κ1) is 11.0. The minimum Gasteiger partial charge on any atom is -0.376 e. The fourth-order valence-corrected chi connectivity index (χ4v) is 1.25. The summed E-state index contributed by atoms with van der Waals surface area (Å²) >= 11 is 2.39. The predicted octanol–water partition coefficient (Wildman–Crippen LogP) is 3.27. The molecule has 0 saturated heterocycles. The second-order valence-corrected chi connectivity index (χ2v) is 4.14. The molecular formula is C11H15IO. The van der Waals surface area contributed by atoms with Crippen molar-refractivity contribution in [2.45, 2.75) is 13.5 Å². The minimum absolute atomic E-state index is 0.657. The number of hydrogen-bond acceptors (Lipinski definition) is 1. The largest absolute Gasteiger partial charge is 0.376 e. The van der Waals surface area contributed by atoms with Gasteiger partial charge in [0.15, 0.2) is 0 Å². The molecule has 0 heterocycles. The molecule has 0 N–H and O–H groups in total. The van der Waals surface area contributed by atoms with Crippen molar-refractivity contribution in [2.24, 2.45) is 5.92 Å². The molecule has 1 atom stereocenters. The molecule has 1 aromatic rings. The van der Waals surface area contributed by atoms with Crippen LogP contribution in [-0.4, -0.2) is 11.0 Å². The highest BCUT2D eigenvalue weighted by molar-refractivity contribution is 14.1. The normalized spacial score (nSPS) is 12.8. The summed E-state index contributed by atoms with van der Waals surface area (Å²) in [4.78, 5) is 0. The van der Waals surface area contributed by atoms with Crippen molar-refractivity contribution in [3.05, 3.63) is 35.9 Å². The van der Waals surface area contributed by atoms with Gasteiger partial charge in [-0.15, -0.1) is 0 Å². The number of ether oxygens (including phenoxy) is 1. The Morgan fingerprint density at radius 3 is 2.62 bits per heavy atom. The van der Waals surface area contributed by atoms with Crippen LogP contribution < -0.4 is 0 Å². The van der Waals surface area contributed by atoms with Crippen molar-refractivity contribution in [2.75, 3.05) is 11.0 Å². The maximum atomic E-state index is 5.57. The van der Waals surface area contributed by atoms with E-state index in [2.05, 4.69) is 41.6 Å². The van der Waals surface area contributed by atoms with Gasteiger partial charge in [0, 0.05) is 4.43 Å². The van der Waals surface area contributed by atoms with Crippen LogP contribution in [0.5, 0.6) is 0 Å². The van der Waals surface area contributed by atoms with E-state index in [-0.39, 0.29) is 0 Å². The van der Waals surface area contributed by atoms with Gasteiger partial charge in [0.1, 0.15) is 0 Å². The zero-order valence-corrected chi connectivity index (χ0v) is 10.0. The Balaban J connectivity index is 2.20. The van der Waals surface area contributed by atoms with E-state index in [4.69, 9.17) is 4.74 Å². The van der Waals surface area contributed by atoms with Crippen molar-refractivity contribution >= 4 is 22.6 Å². The second-order valence-electron chi connectivity index (χ2n) is 3.26. The smallest absolute Gasteiger partial charge is 0.0717 e. The van der Waals surface area contributed by atoms with Gasteiger partial charge in [0.25, 0.3) is 0 Å². The van der Waals surface area contributed by atoms with Crippen molar-refractivity contribution in [1.29, 1.82) is 0 Å². The molecule has 13 heavy (non-hydrogen) atoms. The van der Waals surface area contributed by atoms with Crippen LogP contribution in [0.1, 0.15) is 12.5 Å². The third-order valence-corrected chi connectivity index (χ3v) is 3.28. The highest BCUT2D eigenvalue weighted by Gasteiger charge is 1.99. The van der Waals surface area contributed by atoms with Crippen LogP contribution in [0.15, 0.2) is 30.3 Å². The van der Waals surface area contributed by atoms with E-state index < -0.39 is 0 Å². The van der Waals surface area contributed by atoms with E-state index in [0.29, 0.717) is 5.92 Å². The van der Waals surface area contributed by atoms with E-state index in [0.717, 1.165) is 17.6 Å². The quantitative estimate of drug-likeness (QED) is 0.597. The highest BCUT2D eigenvalue weighted by atomic mass is 127. The summed E-state index contributed by atoms with van der Waals surface area (Å²) < 4.78 is 6.73. The summed E-state index contributed by atoms with van der Waals surface area (Å²) in [5.74, 6) is 0.657. The molecule has 0 unspecified atom stereocenters. The zero-order valence-electron chi connectivity index (χ0n) is 7.87. The summed E-state index contributed by atoms with van der Waals surface area (Å²) in [5, 5.41) is 0. The molecule has 0 radical (unpaired) electrons. The molecular weight excluding hydrogens is 275 g/mol. The lowest BCUT2D eigenvalue weighted by Gasteiger charge is -2.08. The van der Waals surface area contributed by atoms with E-state index in [1.54, 1.807) is 0 Å². The molecule has 1 aromatic carbocycles. The van der Waals surface area contributed by atoms with E-state index in [1.165, 1.54) is 5.56 Å². The SMILES string of the molecule is C[C@H](CI)COCc1ccccc1. The molecule has 0 aliphatic heterocycles. The van der Waals surface area contributed by atoms with Gasteiger partial charge in [-0.25, -0.2) is 0 Å². The van der Waals surface area contributed by atoms with Gasteiger partial charge in [-0.2, -0.15) is 0 Å². The second kappa shape index (κ2) is 6.38. The number of rotatable bonds is 5. The van der Waals surface area contributed by atoms with Crippen LogP contribution in [0.25, 0.3) is 0 Å². The molecule has 0 bridgehead atoms. The van der Waals surface area contributed by atoms with Crippen LogP contribution in [0, 0.1) is 5.92 Å². The van der Waals surface area contributed by atoms with Crippen LogP contribution in [0.2, 0.25) is 0 Å². The van der Waals surface area contributed by atoms with Crippen molar-refractivity contribution < 1.29 is 4.74 Å².